The molecule has 0 unspecified atom stereocenters. The number of hydrogen-bond donors (Lipinski definition) is 1. The minimum Gasteiger partial charge on any atom is -0.493 e. The number of unbranched alkanes of at least 4 members (excludes halogenated alkanes) is 1. The number of methoxy groups -OCH3 is 2. The highest BCUT2D eigenvalue weighted by atomic mass is 16.5. The van der Waals surface area contributed by atoms with Gasteiger partial charge in [0.25, 0.3) is 0 Å². The molecular formula is C16H24N2O2. The molecule has 0 fully saturated rings. The summed E-state index contributed by atoms with van der Waals surface area (Å²) in [6.07, 6.45) is 3.01. The van der Waals surface area contributed by atoms with Crippen molar-refractivity contribution < 1.29 is 9.47 Å². The van der Waals surface area contributed by atoms with E-state index in [2.05, 4.69) is 11.4 Å². The maximum absolute atomic E-state index is 8.94. The highest BCUT2D eigenvalue weighted by molar-refractivity contribution is 5.54. The van der Waals surface area contributed by atoms with E-state index in [0.717, 1.165) is 43.0 Å². The van der Waals surface area contributed by atoms with Gasteiger partial charge in [0.1, 0.15) is 0 Å². The molecule has 0 bridgehead atoms. The first-order valence-electron chi connectivity index (χ1n) is 6.89. The maximum Gasteiger partial charge on any atom is 0.162 e. The van der Waals surface area contributed by atoms with E-state index < -0.39 is 0 Å². The van der Waals surface area contributed by atoms with E-state index in [0.29, 0.717) is 0 Å². The number of rotatable bonds is 8. The predicted molar refractivity (Wildman–Crippen MR) is 81.3 cm³/mol. The quantitative estimate of drug-likeness (QED) is 0.733. The summed E-state index contributed by atoms with van der Waals surface area (Å²) in [6.45, 7) is 4.85. The van der Waals surface area contributed by atoms with Crippen LogP contribution in [0.25, 0.3) is 0 Å². The van der Waals surface area contributed by atoms with Crippen molar-refractivity contribution in [2.75, 3.05) is 26.1 Å². The minimum atomic E-state index is -0.219. The van der Waals surface area contributed by atoms with Gasteiger partial charge in [-0.1, -0.05) is 6.42 Å². The van der Waals surface area contributed by atoms with Crippen LogP contribution in [0.1, 0.15) is 33.1 Å². The summed E-state index contributed by atoms with van der Waals surface area (Å²) in [7, 11) is 3.26. The molecule has 0 aliphatic heterocycles. The molecule has 1 rings (SSSR count). The second-order valence-electron chi connectivity index (χ2n) is 5.45. The fourth-order valence-corrected chi connectivity index (χ4v) is 1.93. The lowest BCUT2D eigenvalue weighted by atomic mass is 9.89. The number of benzene rings is 1. The summed E-state index contributed by atoms with van der Waals surface area (Å²) in [6, 6.07) is 8.12. The van der Waals surface area contributed by atoms with Gasteiger partial charge in [0.2, 0.25) is 0 Å². The summed E-state index contributed by atoms with van der Waals surface area (Å²) in [5.41, 5.74) is 0.797. The summed E-state index contributed by atoms with van der Waals surface area (Å²) in [5, 5.41) is 12.3. The lowest BCUT2D eigenvalue weighted by Crippen LogP contribution is -2.09. The van der Waals surface area contributed by atoms with Gasteiger partial charge in [0.05, 0.1) is 25.7 Å². The molecule has 0 saturated carbocycles. The first-order chi connectivity index (χ1) is 9.52. The lowest BCUT2D eigenvalue weighted by Gasteiger charge is -2.15. The van der Waals surface area contributed by atoms with Gasteiger partial charge in [-0.3, -0.25) is 0 Å². The van der Waals surface area contributed by atoms with E-state index in [1.165, 1.54) is 0 Å². The van der Waals surface area contributed by atoms with Gasteiger partial charge in [0, 0.05) is 18.3 Å². The Labute approximate surface area is 121 Å². The van der Waals surface area contributed by atoms with E-state index >= 15 is 0 Å². The zero-order valence-electron chi connectivity index (χ0n) is 12.8. The number of nitrogens with zero attached hydrogens (tertiary/aromatic N) is 1. The van der Waals surface area contributed by atoms with Crippen LogP contribution in [0.3, 0.4) is 0 Å². The van der Waals surface area contributed by atoms with Crippen molar-refractivity contribution in [1.82, 2.24) is 0 Å². The Morgan fingerprint density at radius 2 is 1.85 bits per heavy atom. The third-order valence-corrected chi connectivity index (χ3v) is 3.24. The van der Waals surface area contributed by atoms with Crippen molar-refractivity contribution in [3.63, 3.8) is 0 Å². The molecule has 0 spiro atoms. The number of ether oxygens (including phenoxy) is 2. The average Bonchev–Trinajstić information content (AvgIpc) is 2.46. The van der Waals surface area contributed by atoms with Gasteiger partial charge in [-0.25, -0.2) is 0 Å². The molecule has 110 valence electrons. The van der Waals surface area contributed by atoms with E-state index in [1.54, 1.807) is 14.2 Å². The third-order valence-electron chi connectivity index (χ3n) is 3.24. The topological polar surface area (TPSA) is 54.3 Å². The largest absolute Gasteiger partial charge is 0.493 e. The normalized spacial score (nSPS) is 10.8. The van der Waals surface area contributed by atoms with Gasteiger partial charge in [0.15, 0.2) is 11.5 Å². The van der Waals surface area contributed by atoms with Crippen LogP contribution >= 0.6 is 0 Å². The van der Waals surface area contributed by atoms with Crippen molar-refractivity contribution in [2.24, 2.45) is 5.41 Å². The monoisotopic (exact) mass is 276 g/mol. The number of hydrogen-bond acceptors (Lipinski definition) is 4. The number of anilines is 1. The van der Waals surface area contributed by atoms with Gasteiger partial charge >= 0.3 is 0 Å². The Balaban J connectivity index is 2.38. The van der Waals surface area contributed by atoms with Crippen molar-refractivity contribution >= 4 is 5.69 Å². The Hall–Kier alpha value is -1.89. The second-order valence-corrected chi connectivity index (χ2v) is 5.45. The van der Waals surface area contributed by atoms with Crippen LogP contribution in [0.15, 0.2) is 18.2 Å². The van der Waals surface area contributed by atoms with Gasteiger partial charge in [-0.15, -0.1) is 0 Å². The van der Waals surface area contributed by atoms with Crippen LogP contribution in [0, 0.1) is 16.7 Å². The molecule has 4 heteroatoms. The zero-order valence-corrected chi connectivity index (χ0v) is 12.8. The van der Waals surface area contributed by atoms with E-state index in [9.17, 15) is 0 Å². The first kappa shape index (κ1) is 16.2. The number of nitriles is 1. The summed E-state index contributed by atoms with van der Waals surface area (Å²) < 4.78 is 10.5. The van der Waals surface area contributed by atoms with Crippen LogP contribution < -0.4 is 14.8 Å². The van der Waals surface area contributed by atoms with Crippen molar-refractivity contribution in [1.29, 1.82) is 5.26 Å². The third kappa shape index (κ3) is 5.00. The van der Waals surface area contributed by atoms with Crippen molar-refractivity contribution in [2.45, 2.75) is 33.1 Å². The van der Waals surface area contributed by atoms with Crippen LogP contribution in [-0.2, 0) is 0 Å². The predicted octanol–water partition coefficient (Wildman–Crippen LogP) is 3.84. The first-order valence-corrected chi connectivity index (χ1v) is 6.89. The lowest BCUT2D eigenvalue weighted by molar-refractivity contribution is 0.355. The van der Waals surface area contributed by atoms with Crippen LogP contribution in [0.5, 0.6) is 11.5 Å². The SMILES string of the molecule is COc1ccc(NCCCCC(C)(C)C#N)cc1OC. The molecule has 0 atom stereocenters. The molecule has 1 N–H and O–H groups in total. The molecule has 1 aromatic rings. The molecule has 0 aliphatic rings. The summed E-state index contributed by atoms with van der Waals surface area (Å²) in [5.74, 6) is 1.46. The second kappa shape index (κ2) is 7.64. The molecule has 0 aliphatic carbocycles. The van der Waals surface area contributed by atoms with E-state index in [4.69, 9.17) is 14.7 Å². The number of nitrogens with one attached hydrogen (secondary N) is 1. The Kier molecular flexibility index (Phi) is 6.17. The van der Waals surface area contributed by atoms with Crippen LogP contribution in [0.2, 0.25) is 0 Å². The molecule has 0 aromatic heterocycles. The van der Waals surface area contributed by atoms with E-state index in [-0.39, 0.29) is 5.41 Å². The minimum absolute atomic E-state index is 0.219. The molecule has 20 heavy (non-hydrogen) atoms. The molecule has 0 saturated heterocycles. The zero-order chi connectivity index (χ0) is 15.0. The molecule has 0 radical (unpaired) electrons. The fraction of sp³-hybridized carbons (Fsp3) is 0.562. The smallest absolute Gasteiger partial charge is 0.162 e. The molecule has 0 heterocycles. The Bertz CT molecular complexity index is 464. The highest BCUT2D eigenvalue weighted by Gasteiger charge is 2.15. The highest BCUT2D eigenvalue weighted by Crippen LogP contribution is 2.29. The fourth-order valence-electron chi connectivity index (χ4n) is 1.93. The molecule has 0 amide bonds. The van der Waals surface area contributed by atoms with Gasteiger partial charge < -0.3 is 14.8 Å². The standard InChI is InChI=1S/C16H24N2O2/c1-16(2,12-17)9-5-6-10-18-13-7-8-14(19-3)15(11-13)20-4/h7-8,11,18H,5-6,9-10H2,1-4H3. The van der Waals surface area contributed by atoms with Crippen molar-refractivity contribution in [3.8, 4) is 17.6 Å². The Morgan fingerprint density at radius 1 is 1.15 bits per heavy atom. The van der Waals surface area contributed by atoms with Crippen LogP contribution in [-0.4, -0.2) is 20.8 Å². The molecule has 1 aromatic carbocycles. The van der Waals surface area contributed by atoms with Crippen molar-refractivity contribution in [3.05, 3.63) is 18.2 Å². The van der Waals surface area contributed by atoms with E-state index in [1.807, 2.05) is 32.0 Å². The summed E-state index contributed by atoms with van der Waals surface area (Å²) >= 11 is 0. The maximum atomic E-state index is 8.94. The summed E-state index contributed by atoms with van der Waals surface area (Å²) in [4.78, 5) is 0. The Morgan fingerprint density at radius 3 is 2.45 bits per heavy atom. The average molecular weight is 276 g/mol. The van der Waals surface area contributed by atoms with Crippen LogP contribution in [0.4, 0.5) is 5.69 Å². The van der Waals surface area contributed by atoms with Gasteiger partial charge in [-0.2, -0.15) is 5.26 Å². The molecular weight excluding hydrogens is 252 g/mol. The molecule has 4 nitrogen and oxygen atoms in total. The van der Waals surface area contributed by atoms with Gasteiger partial charge in [-0.05, 0) is 38.8 Å².